The Labute approximate surface area is 109 Å². The minimum atomic E-state index is -0.509. The number of allylic oxidation sites excluding steroid dienone is 1. The van der Waals surface area contributed by atoms with Crippen molar-refractivity contribution < 1.29 is 9.59 Å². The van der Waals surface area contributed by atoms with E-state index < -0.39 is 11.6 Å². The van der Waals surface area contributed by atoms with Crippen LogP contribution in [-0.4, -0.2) is 16.6 Å². The van der Waals surface area contributed by atoms with Gasteiger partial charge in [-0.1, -0.05) is 24.3 Å². The van der Waals surface area contributed by atoms with E-state index in [1.54, 1.807) is 30.6 Å². The second kappa shape index (κ2) is 4.49. The highest BCUT2D eigenvalue weighted by Gasteiger charge is 2.25. The number of hydrogen-bond donors (Lipinski definition) is 1. The van der Waals surface area contributed by atoms with Gasteiger partial charge in [-0.2, -0.15) is 0 Å². The fourth-order valence-electron chi connectivity index (χ4n) is 2.02. The largest absolute Gasteiger partial charge is 0.354 e. The molecular weight excluding hydrogens is 240 g/mol. The molecule has 0 amide bonds. The van der Waals surface area contributed by atoms with E-state index in [-0.39, 0.29) is 0 Å². The van der Waals surface area contributed by atoms with Crippen LogP contribution in [0.1, 0.15) is 15.9 Å². The van der Waals surface area contributed by atoms with Gasteiger partial charge in [0.2, 0.25) is 11.6 Å². The van der Waals surface area contributed by atoms with Gasteiger partial charge in [0.05, 0.1) is 17.6 Å². The van der Waals surface area contributed by atoms with Crippen molar-refractivity contribution in [1.82, 2.24) is 4.98 Å². The summed E-state index contributed by atoms with van der Waals surface area (Å²) in [5.41, 5.74) is 2.55. The predicted octanol–water partition coefficient (Wildman–Crippen LogP) is 2.30. The number of aromatic nitrogens is 1. The Morgan fingerprint density at radius 2 is 1.74 bits per heavy atom. The molecule has 0 saturated heterocycles. The molecule has 2 aromatic rings. The van der Waals surface area contributed by atoms with Crippen LogP contribution in [0, 0.1) is 0 Å². The molecule has 1 aromatic heterocycles. The summed E-state index contributed by atoms with van der Waals surface area (Å²) in [6, 6.07) is 10.7. The van der Waals surface area contributed by atoms with Crippen LogP contribution in [0.2, 0.25) is 0 Å². The minimum Gasteiger partial charge on any atom is -0.354 e. The molecule has 1 N–H and O–H groups in total. The second-order valence-electron chi connectivity index (χ2n) is 4.16. The van der Waals surface area contributed by atoms with Crippen LogP contribution in [0.25, 0.3) is 5.70 Å². The highest BCUT2D eigenvalue weighted by Crippen LogP contribution is 2.25. The maximum absolute atomic E-state index is 11.8. The summed E-state index contributed by atoms with van der Waals surface area (Å²) >= 11 is 0. The van der Waals surface area contributed by atoms with E-state index in [0.717, 1.165) is 11.3 Å². The highest BCUT2D eigenvalue weighted by molar-refractivity contribution is 6.50. The number of carbonyl (C=O) groups is 2. The fourth-order valence-corrected chi connectivity index (χ4v) is 2.02. The molecular formula is C15H10N2O2. The Morgan fingerprint density at radius 1 is 0.947 bits per heavy atom. The van der Waals surface area contributed by atoms with E-state index >= 15 is 0 Å². The van der Waals surface area contributed by atoms with E-state index in [1.165, 1.54) is 6.08 Å². The summed E-state index contributed by atoms with van der Waals surface area (Å²) in [5.74, 6) is -0.975. The quantitative estimate of drug-likeness (QED) is 0.831. The van der Waals surface area contributed by atoms with Crippen molar-refractivity contribution in [2.24, 2.45) is 0 Å². The van der Waals surface area contributed by atoms with Gasteiger partial charge in [0.1, 0.15) is 0 Å². The van der Waals surface area contributed by atoms with Crippen molar-refractivity contribution in [3.05, 3.63) is 66.0 Å². The number of benzene rings is 1. The van der Waals surface area contributed by atoms with Gasteiger partial charge < -0.3 is 5.32 Å². The number of pyridine rings is 1. The van der Waals surface area contributed by atoms with E-state index in [4.69, 9.17) is 0 Å². The van der Waals surface area contributed by atoms with Crippen LogP contribution >= 0.6 is 0 Å². The van der Waals surface area contributed by atoms with E-state index in [9.17, 15) is 9.59 Å². The third-order valence-corrected chi connectivity index (χ3v) is 2.90. The zero-order valence-corrected chi connectivity index (χ0v) is 9.96. The molecule has 1 aliphatic rings. The van der Waals surface area contributed by atoms with Crippen LogP contribution in [-0.2, 0) is 4.79 Å². The first-order chi connectivity index (χ1) is 9.25. The molecule has 0 aliphatic heterocycles. The van der Waals surface area contributed by atoms with Crippen molar-refractivity contribution in [2.45, 2.75) is 0 Å². The number of Topliss-reactive ketones (excluding diaryl/α,β-unsaturated/α-hetero) is 1. The predicted molar refractivity (Wildman–Crippen MR) is 71.6 cm³/mol. The number of anilines is 1. The summed E-state index contributed by atoms with van der Waals surface area (Å²) in [6.45, 7) is 0. The SMILES string of the molecule is O=C1C=C(Nc2cccnc2)c2ccccc2C1=O. The number of nitrogens with one attached hydrogen (secondary N) is 1. The summed E-state index contributed by atoms with van der Waals surface area (Å²) in [6.07, 6.45) is 4.66. The van der Waals surface area contributed by atoms with Crippen molar-refractivity contribution >= 4 is 23.0 Å². The molecule has 0 unspecified atom stereocenters. The highest BCUT2D eigenvalue weighted by atomic mass is 16.2. The Morgan fingerprint density at radius 3 is 2.47 bits per heavy atom. The number of rotatable bonds is 2. The summed E-state index contributed by atoms with van der Waals surface area (Å²) < 4.78 is 0. The summed E-state index contributed by atoms with van der Waals surface area (Å²) in [4.78, 5) is 27.5. The van der Waals surface area contributed by atoms with Gasteiger partial charge in [0, 0.05) is 23.4 Å². The lowest BCUT2D eigenvalue weighted by molar-refractivity contribution is -0.111. The molecule has 0 atom stereocenters. The number of ketones is 2. The van der Waals surface area contributed by atoms with E-state index in [2.05, 4.69) is 10.3 Å². The average Bonchev–Trinajstić information content (AvgIpc) is 2.46. The Bertz CT molecular complexity index is 690. The molecule has 0 fully saturated rings. The minimum absolute atomic E-state index is 0.432. The molecule has 4 heteroatoms. The van der Waals surface area contributed by atoms with E-state index in [1.807, 2.05) is 18.2 Å². The van der Waals surface area contributed by atoms with Gasteiger partial charge in [-0.25, -0.2) is 0 Å². The molecule has 4 nitrogen and oxygen atoms in total. The van der Waals surface area contributed by atoms with Gasteiger partial charge in [-0.05, 0) is 12.1 Å². The smallest absolute Gasteiger partial charge is 0.233 e. The standard InChI is InChI=1S/C15H10N2O2/c18-14-8-13(17-10-4-3-7-16-9-10)11-5-1-2-6-12(11)15(14)19/h1-9,17H. The van der Waals surface area contributed by atoms with Crippen LogP contribution in [0.5, 0.6) is 0 Å². The average molecular weight is 250 g/mol. The summed E-state index contributed by atoms with van der Waals surface area (Å²) in [5, 5.41) is 3.11. The second-order valence-corrected chi connectivity index (χ2v) is 4.16. The molecule has 92 valence electrons. The topological polar surface area (TPSA) is 59.1 Å². The van der Waals surface area contributed by atoms with Crippen molar-refractivity contribution in [3.63, 3.8) is 0 Å². The molecule has 0 spiro atoms. The molecule has 0 radical (unpaired) electrons. The number of hydrogen-bond acceptors (Lipinski definition) is 4. The van der Waals surface area contributed by atoms with Crippen LogP contribution in [0.4, 0.5) is 5.69 Å². The lowest BCUT2D eigenvalue weighted by Gasteiger charge is -2.17. The normalized spacial score (nSPS) is 13.8. The van der Waals surface area contributed by atoms with Crippen molar-refractivity contribution in [2.75, 3.05) is 5.32 Å². The number of carbonyl (C=O) groups excluding carboxylic acids is 2. The third kappa shape index (κ3) is 2.04. The van der Waals surface area contributed by atoms with Crippen LogP contribution in [0.15, 0.2) is 54.9 Å². The zero-order chi connectivity index (χ0) is 13.2. The Kier molecular flexibility index (Phi) is 2.68. The lowest BCUT2D eigenvalue weighted by Crippen LogP contribution is -2.20. The number of nitrogens with zero attached hydrogens (tertiary/aromatic N) is 1. The van der Waals surface area contributed by atoms with Gasteiger partial charge >= 0.3 is 0 Å². The van der Waals surface area contributed by atoms with E-state index in [0.29, 0.717) is 11.3 Å². The fraction of sp³-hybridized carbons (Fsp3) is 0. The molecule has 0 bridgehead atoms. The Balaban J connectivity index is 2.04. The monoisotopic (exact) mass is 250 g/mol. The van der Waals surface area contributed by atoms with Gasteiger partial charge in [-0.3, -0.25) is 14.6 Å². The third-order valence-electron chi connectivity index (χ3n) is 2.90. The maximum Gasteiger partial charge on any atom is 0.233 e. The maximum atomic E-state index is 11.8. The molecule has 1 aliphatic carbocycles. The molecule has 1 aromatic carbocycles. The van der Waals surface area contributed by atoms with Gasteiger partial charge in [-0.15, -0.1) is 0 Å². The Hall–Kier alpha value is -2.75. The zero-order valence-electron chi connectivity index (χ0n) is 9.96. The molecule has 1 heterocycles. The first-order valence-electron chi connectivity index (χ1n) is 5.82. The van der Waals surface area contributed by atoms with Crippen molar-refractivity contribution in [1.29, 1.82) is 0 Å². The van der Waals surface area contributed by atoms with Crippen LogP contribution < -0.4 is 5.32 Å². The van der Waals surface area contributed by atoms with Crippen molar-refractivity contribution in [3.8, 4) is 0 Å². The lowest BCUT2D eigenvalue weighted by atomic mass is 9.93. The first kappa shape index (κ1) is 11.3. The van der Waals surface area contributed by atoms with Crippen LogP contribution in [0.3, 0.4) is 0 Å². The molecule has 3 rings (SSSR count). The molecule has 0 saturated carbocycles. The first-order valence-corrected chi connectivity index (χ1v) is 5.82. The van der Waals surface area contributed by atoms with Gasteiger partial charge in [0.25, 0.3) is 0 Å². The van der Waals surface area contributed by atoms with Gasteiger partial charge in [0.15, 0.2) is 0 Å². The molecule has 19 heavy (non-hydrogen) atoms. The number of fused-ring (bicyclic) bond motifs is 1. The summed E-state index contributed by atoms with van der Waals surface area (Å²) in [7, 11) is 0.